The highest BCUT2D eigenvalue weighted by molar-refractivity contribution is 5.81. The molecule has 0 amide bonds. The van der Waals surface area contributed by atoms with Gasteiger partial charge in [0.2, 0.25) is 0 Å². The van der Waals surface area contributed by atoms with Crippen LogP contribution in [0.2, 0.25) is 0 Å². The fourth-order valence-corrected chi connectivity index (χ4v) is 2.11. The van der Waals surface area contributed by atoms with E-state index in [1.807, 2.05) is 20.8 Å². The van der Waals surface area contributed by atoms with Crippen molar-refractivity contribution in [3.63, 3.8) is 0 Å². The molecule has 0 saturated carbocycles. The topological polar surface area (TPSA) is 26.3 Å². The molecule has 2 heteroatoms. The van der Waals surface area contributed by atoms with Crippen LogP contribution in [0.15, 0.2) is 24.8 Å². The number of ether oxygens (including phenoxy) is 1. The van der Waals surface area contributed by atoms with Crippen molar-refractivity contribution in [2.45, 2.75) is 33.8 Å². The molecule has 1 rings (SSSR count). The SMILES string of the molecule is C=CC(=O)OC(C)c1c(C)cc(C)cc1C. The molecule has 0 aliphatic rings. The minimum Gasteiger partial charge on any atom is -0.455 e. The third kappa shape index (κ3) is 2.72. The van der Waals surface area contributed by atoms with Gasteiger partial charge in [-0.25, -0.2) is 4.79 Å². The average Bonchev–Trinajstić information content (AvgIpc) is 2.15. The Morgan fingerprint density at radius 2 is 1.81 bits per heavy atom. The van der Waals surface area contributed by atoms with Crippen molar-refractivity contribution in [2.75, 3.05) is 0 Å². The number of aryl methyl sites for hydroxylation is 3. The first-order valence-corrected chi connectivity index (χ1v) is 5.36. The molecule has 0 bridgehead atoms. The predicted octanol–water partition coefficient (Wildman–Crippen LogP) is 3.40. The van der Waals surface area contributed by atoms with E-state index in [0.29, 0.717) is 0 Å². The molecule has 0 fully saturated rings. The molecule has 86 valence electrons. The van der Waals surface area contributed by atoms with Crippen molar-refractivity contribution in [1.29, 1.82) is 0 Å². The van der Waals surface area contributed by atoms with Crippen molar-refractivity contribution in [1.82, 2.24) is 0 Å². The smallest absolute Gasteiger partial charge is 0.330 e. The Balaban J connectivity index is 3.03. The summed E-state index contributed by atoms with van der Waals surface area (Å²) in [5.74, 6) is -0.383. The highest BCUT2D eigenvalue weighted by Crippen LogP contribution is 2.25. The van der Waals surface area contributed by atoms with E-state index in [9.17, 15) is 4.79 Å². The molecule has 1 unspecified atom stereocenters. The Hall–Kier alpha value is -1.57. The van der Waals surface area contributed by atoms with E-state index >= 15 is 0 Å². The zero-order valence-corrected chi connectivity index (χ0v) is 10.3. The summed E-state index contributed by atoms with van der Waals surface area (Å²) in [6, 6.07) is 4.20. The van der Waals surface area contributed by atoms with E-state index in [1.165, 1.54) is 11.6 Å². The summed E-state index contributed by atoms with van der Waals surface area (Å²) in [6.45, 7) is 11.4. The maximum atomic E-state index is 11.1. The number of carbonyl (C=O) groups is 1. The second-order valence-electron chi connectivity index (χ2n) is 4.10. The van der Waals surface area contributed by atoms with Gasteiger partial charge in [-0.05, 0) is 44.4 Å². The summed E-state index contributed by atoms with van der Waals surface area (Å²) >= 11 is 0. The van der Waals surface area contributed by atoms with Crippen molar-refractivity contribution in [2.24, 2.45) is 0 Å². The van der Waals surface area contributed by atoms with Crippen LogP contribution in [0.25, 0.3) is 0 Å². The summed E-state index contributed by atoms with van der Waals surface area (Å²) in [5.41, 5.74) is 4.62. The van der Waals surface area contributed by atoms with Crippen LogP contribution in [0.4, 0.5) is 0 Å². The van der Waals surface area contributed by atoms with E-state index in [2.05, 4.69) is 25.6 Å². The quantitative estimate of drug-likeness (QED) is 0.574. The van der Waals surface area contributed by atoms with Crippen molar-refractivity contribution in [3.05, 3.63) is 47.0 Å². The van der Waals surface area contributed by atoms with E-state index in [0.717, 1.165) is 16.7 Å². The first-order chi connectivity index (χ1) is 7.45. The van der Waals surface area contributed by atoms with Crippen LogP contribution < -0.4 is 0 Å². The van der Waals surface area contributed by atoms with Gasteiger partial charge >= 0.3 is 5.97 Å². The van der Waals surface area contributed by atoms with Crippen molar-refractivity contribution in [3.8, 4) is 0 Å². The van der Waals surface area contributed by atoms with Crippen LogP contribution in [0.5, 0.6) is 0 Å². The van der Waals surface area contributed by atoms with Gasteiger partial charge in [0.15, 0.2) is 0 Å². The van der Waals surface area contributed by atoms with Crippen molar-refractivity contribution < 1.29 is 9.53 Å². The molecule has 1 aromatic carbocycles. The maximum Gasteiger partial charge on any atom is 0.330 e. The molecule has 0 radical (unpaired) electrons. The lowest BCUT2D eigenvalue weighted by Crippen LogP contribution is -2.09. The molecule has 0 aliphatic heterocycles. The Bertz CT molecular complexity index is 396. The van der Waals surface area contributed by atoms with Crippen LogP contribution in [0, 0.1) is 20.8 Å². The minimum absolute atomic E-state index is 0.230. The van der Waals surface area contributed by atoms with Gasteiger partial charge in [-0.1, -0.05) is 24.3 Å². The summed E-state index contributed by atoms with van der Waals surface area (Å²) in [6.07, 6.45) is 0.959. The number of benzene rings is 1. The molecule has 1 aromatic rings. The first kappa shape index (κ1) is 12.5. The largest absolute Gasteiger partial charge is 0.455 e. The van der Waals surface area contributed by atoms with Gasteiger partial charge in [0.1, 0.15) is 6.10 Å². The number of esters is 1. The lowest BCUT2D eigenvalue weighted by molar-refractivity contribution is -0.142. The average molecular weight is 218 g/mol. The second-order valence-corrected chi connectivity index (χ2v) is 4.10. The summed E-state index contributed by atoms with van der Waals surface area (Å²) in [7, 11) is 0. The molecule has 2 nitrogen and oxygen atoms in total. The van der Waals surface area contributed by atoms with Crippen LogP contribution >= 0.6 is 0 Å². The molecule has 0 spiro atoms. The van der Waals surface area contributed by atoms with Crippen LogP contribution in [0.1, 0.15) is 35.3 Å². The highest BCUT2D eigenvalue weighted by atomic mass is 16.5. The second kappa shape index (κ2) is 4.97. The van der Waals surface area contributed by atoms with Gasteiger partial charge in [-0.2, -0.15) is 0 Å². The van der Waals surface area contributed by atoms with Gasteiger partial charge in [0.25, 0.3) is 0 Å². The van der Waals surface area contributed by atoms with E-state index in [4.69, 9.17) is 4.74 Å². The van der Waals surface area contributed by atoms with Crippen LogP contribution in [0.3, 0.4) is 0 Å². The molecule has 0 heterocycles. The first-order valence-electron chi connectivity index (χ1n) is 5.36. The molecule has 0 aliphatic carbocycles. The molecule has 0 N–H and O–H groups in total. The highest BCUT2D eigenvalue weighted by Gasteiger charge is 2.14. The predicted molar refractivity (Wildman–Crippen MR) is 65.4 cm³/mol. The monoisotopic (exact) mass is 218 g/mol. The van der Waals surface area contributed by atoms with Crippen molar-refractivity contribution >= 4 is 5.97 Å². The zero-order chi connectivity index (χ0) is 12.3. The normalized spacial score (nSPS) is 12.0. The fraction of sp³-hybridized carbons (Fsp3) is 0.357. The molecular weight excluding hydrogens is 200 g/mol. The van der Waals surface area contributed by atoms with Gasteiger partial charge < -0.3 is 4.74 Å². The summed E-state index contributed by atoms with van der Waals surface area (Å²) in [5, 5.41) is 0. The van der Waals surface area contributed by atoms with Gasteiger partial charge in [-0.3, -0.25) is 0 Å². The Labute approximate surface area is 96.9 Å². The Morgan fingerprint density at radius 3 is 2.25 bits per heavy atom. The van der Waals surface area contributed by atoms with E-state index in [1.54, 1.807) is 0 Å². The van der Waals surface area contributed by atoms with E-state index < -0.39 is 0 Å². The Kier molecular flexibility index (Phi) is 3.88. The Morgan fingerprint density at radius 1 is 1.31 bits per heavy atom. The third-order valence-corrected chi connectivity index (χ3v) is 2.60. The number of carbonyl (C=O) groups excluding carboxylic acids is 1. The fourth-order valence-electron chi connectivity index (χ4n) is 2.11. The molecule has 0 saturated heterocycles. The lowest BCUT2D eigenvalue weighted by Gasteiger charge is -2.18. The number of hydrogen-bond donors (Lipinski definition) is 0. The standard InChI is InChI=1S/C14H18O2/c1-6-13(15)16-12(5)14-10(3)7-9(2)8-11(14)4/h6-8,12H,1H2,2-5H3. The third-order valence-electron chi connectivity index (χ3n) is 2.60. The maximum absolute atomic E-state index is 11.1. The lowest BCUT2D eigenvalue weighted by atomic mass is 9.96. The molecule has 1 atom stereocenters. The summed E-state index contributed by atoms with van der Waals surface area (Å²) in [4.78, 5) is 11.1. The van der Waals surface area contributed by atoms with Gasteiger partial charge in [0.05, 0.1) is 0 Å². The van der Waals surface area contributed by atoms with Gasteiger partial charge in [-0.15, -0.1) is 0 Å². The molecular formula is C14H18O2. The zero-order valence-electron chi connectivity index (χ0n) is 10.3. The minimum atomic E-state index is -0.383. The molecule has 16 heavy (non-hydrogen) atoms. The van der Waals surface area contributed by atoms with Crippen LogP contribution in [-0.2, 0) is 9.53 Å². The number of rotatable bonds is 3. The van der Waals surface area contributed by atoms with E-state index in [-0.39, 0.29) is 12.1 Å². The van der Waals surface area contributed by atoms with Gasteiger partial charge in [0, 0.05) is 6.08 Å². The van der Waals surface area contributed by atoms with Crippen LogP contribution in [-0.4, -0.2) is 5.97 Å². The molecule has 0 aromatic heterocycles. The summed E-state index contributed by atoms with van der Waals surface area (Å²) < 4.78 is 5.23. The number of hydrogen-bond acceptors (Lipinski definition) is 2.